The molecule has 1 atom stereocenters. The molecular formula is C19H12F6N8O2. The predicted molar refractivity (Wildman–Crippen MR) is 103 cm³/mol. The second-order valence-electron chi connectivity index (χ2n) is 7.31. The number of hydrogen-bond acceptors (Lipinski definition) is 7. The van der Waals surface area contributed by atoms with Crippen LogP contribution in [0.1, 0.15) is 22.4 Å². The van der Waals surface area contributed by atoms with Gasteiger partial charge in [0, 0.05) is 11.8 Å². The van der Waals surface area contributed by atoms with Crippen molar-refractivity contribution in [2.45, 2.75) is 24.9 Å². The molecular weight excluding hydrogens is 486 g/mol. The maximum absolute atomic E-state index is 14.6. The Labute approximate surface area is 191 Å². The van der Waals surface area contributed by atoms with Crippen LogP contribution >= 0.6 is 0 Å². The molecule has 1 aliphatic rings. The number of ether oxygens (including phenoxy) is 1. The standard InChI is InChI=1S/C19H12F6N8O2/c1-9-11(5-26)14-13(7-28-9)32(16(27)34)8-17(35-14,19(23,24)25)10-4-12(18(20,21)22)15(29-6-10)33-30-2-3-31-33/h2-4,6-7H,8H2,1H3,(H2,27,34). The van der Waals surface area contributed by atoms with Gasteiger partial charge in [-0.2, -0.15) is 41.8 Å². The second kappa shape index (κ2) is 7.82. The number of nitrogens with zero attached hydrogens (tertiary/aromatic N) is 7. The van der Waals surface area contributed by atoms with Crippen molar-refractivity contribution in [3.63, 3.8) is 0 Å². The first-order chi connectivity index (χ1) is 16.3. The van der Waals surface area contributed by atoms with Gasteiger partial charge in [-0.15, -0.1) is 4.80 Å². The number of anilines is 1. The fourth-order valence-electron chi connectivity index (χ4n) is 3.54. The predicted octanol–water partition coefficient (Wildman–Crippen LogP) is 2.99. The molecule has 10 nitrogen and oxygen atoms in total. The summed E-state index contributed by atoms with van der Waals surface area (Å²) >= 11 is 0. The normalized spacial score (nSPS) is 17.9. The van der Waals surface area contributed by atoms with Crippen molar-refractivity contribution in [3.8, 4) is 17.6 Å². The molecule has 182 valence electrons. The van der Waals surface area contributed by atoms with Gasteiger partial charge in [0.05, 0.1) is 30.8 Å². The number of hydrogen-bond donors (Lipinski definition) is 1. The zero-order valence-electron chi connectivity index (χ0n) is 17.4. The monoisotopic (exact) mass is 498 g/mol. The van der Waals surface area contributed by atoms with Crippen molar-refractivity contribution in [3.05, 3.63) is 53.2 Å². The number of carbonyl (C=O) groups is 1. The summed E-state index contributed by atoms with van der Waals surface area (Å²) in [7, 11) is 0. The maximum atomic E-state index is 14.6. The molecule has 0 spiro atoms. The van der Waals surface area contributed by atoms with Gasteiger partial charge in [0.25, 0.3) is 0 Å². The number of urea groups is 1. The van der Waals surface area contributed by atoms with Crippen LogP contribution in [0, 0.1) is 18.3 Å². The van der Waals surface area contributed by atoms with E-state index in [1.807, 2.05) is 0 Å². The quantitative estimate of drug-likeness (QED) is 0.537. The van der Waals surface area contributed by atoms with E-state index in [0.717, 1.165) is 18.6 Å². The molecule has 35 heavy (non-hydrogen) atoms. The van der Waals surface area contributed by atoms with Gasteiger partial charge >= 0.3 is 18.4 Å². The molecule has 0 fully saturated rings. The summed E-state index contributed by atoms with van der Waals surface area (Å²) in [5.74, 6) is -1.60. The summed E-state index contributed by atoms with van der Waals surface area (Å²) in [6.45, 7) is -0.0668. The molecule has 0 aliphatic carbocycles. The topological polar surface area (TPSA) is 136 Å². The number of rotatable bonds is 2. The lowest BCUT2D eigenvalue weighted by molar-refractivity contribution is -0.252. The van der Waals surface area contributed by atoms with Gasteiger partial charge < -0.3 is 10.5 Å². The average molecular weight is 498 g/mol. The minimum absolute atomic E-state index is 0.0390. The number of aromatic nitrogens is 5. The highest BCUT2D eigenvalue weighted by molar-refractivity contribution is 5.93. The van der Waals surface area contributed by atoms with Crippen LogP contribution in [0.2, 0.25) is 0 Å². The van der Waals surface area contributed by atoms with Crippen molar-refractivity contribution >= 4 is 11.7 Å². The Hall–Kier alpha value is -4.42. The smallest absolute Gasteiger partial charge is 0.434 e. The fourth-order valence-corrected chi connectivity index (χ4v) is 3.54. The number of pyridine rings is 2. The number of primary amides is 1. The van der Waals surface area contributed by atoms with Gasteiger partial charge in [0.1, 0.15) is 22.9 Å². The highest BCUT2D eigenvalue weighted by Crippen LogP contribution is 2.51. The van der Waals surface area contributed by atoms with Crippen molar-refractivity contribution in [1.82, 2.24) is 25.0 Å². The van der Waals surface area contributed by atoms with Crippen molar-refractivity contribution in [2.24, 2.45) is 5.73 Å². The Morgan fingerprint density at radius 1 is 1.17 bits per heavy atom. The largest absolute Gasteiger partial charge is 0.467 e. The van der Waals surface area contributed by atoms with Crippen LogP contribution in [0.15, 0.2) is 30.9 Å². The van der Waals surface area contributed by atoms with Gasteiger partial charge in [0.2, 0.25) is 5.60 Å². The fraction of sp³-hybridized carbons (Fsp3) is 0.263. The van der Waals surface area contributed by atoms with Crippen LogP contribution in [0.4, 0.5) is 36.8 Å². The molecule has 0 aromatic carbocycles. The molecule has 2 N–H and O–H groups in total. The summed E-state index contributed by atoms with van der Waals surface area (Å²) in [5, 5.41) is 16.6. The molecule has 4 rings (SSSR count). The zero-order valence-corrected chi connectivity index (χ0v) is 17.4. The Bertz CT molecular complexity index is 1350. The third-order valence-corrected chi connectivity index (χ3v) is 5.23. The lowest BCUT2D eigenvalue weighted by Crippen LogP contribution is -2.60. The van der Waals surface area contributed by atoms with E-state index in [1.54, 1.807) is 6.07 Å². The molecule has 0 saturated carbocycles. The van der Waals surface area contributed by atoms with E-state index in [-0.39, 0.29) is 17.4 Å². The van der Waals surface area contributed by atoms with Crippen LogP contribution in [-0.2, 0) is 11.8 Å². The first-order valence-corrected chi connectivity index (χ1v) is 9.47. The van der Waals surface area contributed by atoms with Crippen LogP contribution in [-0.4, -0.2) is 43.7 Å². The molecule has 3 aromatic heterocycles. The number of aryl methyl sites for hydroxylation is 1. The average Bonchev–Trinajstić information content (AvgIpc) is 3.31. The number of halogens is 6. The first-order valence-electron chi connectivity index (χ1n) is 9.47. The Kier molecular flexibility index (Phi) is 5.30. The van der Waals surface area contributed by atoms with E-state index >= 15 is 0 Å². The van der Waals surface area contributed by atoms with E-state index in [4.69, 9.17) is 10.5 Å². The first kappa shape index (κ1) is 23.7. The molecule has 2 amide bonds. The van der Waals surface area contributed by atoms with Crippen LogP contribution in [0.25, 0.3) is 5.82 Å². The molecule has 4 heterocycles. The number of amides is 2. The van der Waals surface area contributed by atoms with E-state index in [9.17, 15) is 36.4 Å². The Balaban J connectivity index is 2.02. The van der Waals surface area contributed by atoms with E-state index in [2.05, 4.69) is 20.2 Å². The van der Waals surface area contributed by atoms with Crippen molar-refractivity contribution in [1.29, 1.82) is 5.26 Å². The molecule has 0 radical (unpaired) electrons. The maximum Gasteiger partial charge on any atom is 0.434 e. The summed E-state index contributed by atoms with van der Waals surface area (Å²) < 4.78 is 90.7. The summed E-state index contributed by atoms with van der Waals surface area (Å²) in [6, 6.07) is 0.446. The highest BCUT2D eigenvalue weighted by Gasteiger charge is 2.63. The van der Waals surface area contributed by atoms with Gasteiger partial charge in [-0.05, 0) is 13.0 Å². The number of nitriles is 1. The lowest BCUT2D eigenvalue weighted by Gasteiger charge is -2.44. The summed E-state index contributed by atoms with van der Waals surface area (Å²) in [5.41, 5.74) is -1.82. The molecule has 0 saturated heterocycles. The minimum atomic E-state index is -5.40. The zero-order chi connectivity index (χ0) is 25.8. The SMILES string of the molecule is Cc1ncc2c(c1C#N)OC(c1cnc(-n3nccn3)c(C(F)(F)F)c1)(C(F)(F)F)CN2C(N)=O. The van der Waals surface area contributed by atoms with Crippen molar-refractivity contribution in [2.75, 3.05) is 11.4 Å². The minimum Gasteiger partial charge on any atom is -0.467 e. The number of fused-ring (bicyclic) bond motifs is 1. The van der Waals surface area contributed by atoms with Crippen LogP contribution in [0.5, 0.6) is 5.75 Å². The number of alkyl halides is 6. The third kappa shape index (κ3) is 3.74. The van der Waals surface area contributed by atoms with Gasteiger partial charge in [-0.1, -0.05) is 0 Å². The second-order valence-corrected chi connectivity index (χ2v) is 7.31. The molecule has 3 aromatic rings. The highest BCUT2D eigenvalue weighted by atomic mass is 19.4. The molecule has 1 unspecified atom stereocenters. The van der Waals surface area contributed by atoms with Crippen molar-refractivity contribution < 1.29 is 35.9 Å². The molecule has 16 heteroatoms. The van der Waals surface area contributed by atoms with E-state index < -0.39 is 58.8 Å². The van der Waals surface area contributed by atoms with Gasteiger partial charge in [-0.3, -0.25) is 9.88 Å². The molecule has 1 aliphatic heterocycles. The number of carbonyl (C=O) groups excluding carboxylic acids is 1. The van der Waals surface area contributed by atoms with E-state index in [0.29, 0.717) is 15.9 Å². The Morgan fingerprint density at radius 3 is 2.37 bits per heavy atom. The Morgan fingerprint density at radius 2 is 1.83 bits per heavy atom. The van der Waals surface area contributed by atoms with Gasteiger partial charge in [-0.25, -0.2) is 9.78 Å². The van der Waals surface area contributed by atoms with E-state index in [1.165, 1.54) is 6.92 Å². The number of nitrogens with two attached hydrogens (primary N) is 1. The third-order valence-electron chi connectivity index (χ3n) is 5.23. The molecule has 0 bridgehead atoms. The lowest BCUT2D eigenvalue weighted by atomic mass is 9.90. The van der Waals surface area contributed by atoms with Gasteiger partial charge in [0.15, 0.2) is 11.6 Å². The van der Waals surface area contributed by atoms with Crippen LogP contribution < -0.4 is 15.4 Å². The van der Waals surface area contributed by atoms with Crippen LogP contribution in [0.3, 0.4) is 0 Å². The summed E-state index contributed by atoms with van der Waals surface area (Å²) in [4.78, 5) is 20.4. The summed E-state index contributed by atoms with van der Waals surface area (Å²) in [6.07, 6.45) is -6.99.